The van der Waals surface area contributed by atoms with Gasteiger partial charge in [-0.05, 0) is 30.6 Å². The Morgan fingerprint density at radius 1 is 1.42 bits per heavy atom. The summed E-state index contributed by atoms with van der Waals surface area (Å²) in [6, 6.07) is 0. The van der Waals surface area contributed by atoms with Crippen LogP contribution in [0.15, 0.2) is 0 Å². The summed E-state index contributed by atoms with van der Waals surface area (Å²) in [6.07, 6.45) is 5.84. The zero-order valence-corrected chi connectivity index (χ0v) is 10.7. The van der Waals surface area contributed by atoms with Gasteiger partial charge in [0.25, 0.3) is 0 Å². The smallest absolute Gasteiger partial charge is 0.0112 e. The van der Waals surface area contributed by atoms with Crippen molar-refractivity contribution in [3.05, 3.63) is 0 Å². The van der Waals surface area contributed by atoms with Gasteiger partial charge in [-0.15, -0.1) is 0 Å². The summed E-state index contributed by atoms with van der Waals surface area (Å²) in [7, 11) is 0. The third-order valence-corrected chi connectivity index (χ3v) is 4.44. The molecule has 1 aliphatic carbocycles. The van der Waals surface area contributed by atoms with Crippen LogP contribution in [0.2, 0.25) is 0 Å². The van der Waals surface area contributed by atoms with Crippen molar-refractivity contribution >= 4 is 22.6 Å². The maximum atomic E-state index is 2.60. The molecule has 12 heavy (non-hydrogen) atoms. The number of rotatable bonds is 2. The fraction of sp³-hybridized carbons (Fsp3) is 1.00. The third kappa shape index (κ3) is 2.61. The molecule has 0 N–H and O–H groups in total. The van der Waals surface area contributed by atoms with Crippen LogP contribution < -0.4 is 0 Å². The van der Waals surface area contributed by atoms with E-state index >= 15 is 0 Å². The first-order valence-corrected chi connectivity index (χ1v) is 6.53. The zero-order valence-electron chi connectivity index (χ0n) is 8.52. The Kier molecular flexibility index (Phi) is 4.35. The molecular weight excluding hydrogens is 259 g/mol. The molecule has 0 bridgehead atoms. The topological polar surface area (TPSA) is 0 Å². The van der Waals surface area contributed by atoms with Crippen LogP contribution in [0.3, 0.4) is 0 Å². The molecule has 3 unspecified atom stereocenters. The Morgan fingerprint density at radius 3 is 2.50 bits per heavy atom. The molecule has 0 spiro atoms. The Hall–Kier alpha value is 0.730. The monoisotopic (exact) mass is 280 g/mol. The molecule has 0 heterocycles. The Balaban J connectivity index is 2.42. The Morgan fingerprint density at radius 2 is 2.08 bits per heavy atom. The van der Waals surface area contributed by atoms with E-state index in [-0.39, 0.29) is 0 Å². The largest absolute Gasteiger partial charge is 0.0826 e. The highest BCUT2D eigenvalue weighted by atomic mass is 127. The predicted molar refractivity (Wildman–Crippen MR) is 63.8 cm³/mol. The first kappa shape index (κ1) is 10.8. The van der Waals surface area contributed by atoms with E-state index < -0.39 is 0 Å². The average molecular weight is 280 g/mol. The van der Waals surface area contributed by atoms with Crippen LogP contribution >= 0.6 is 22.6 Å². The van der Waals surface area contributed by atoms with Crippen LogP contribution in [0.5, 0.6) is 0 Å². The van der Waals surface area contributed by atoms with Crippen LogP contribution in [0.1, 0.15) is 46.5 Å². The Bertz CT molecular complexity index is 131. The van der Waals surface area contributed by atoms with Crippen LogP contribution in [-0.4, -0.2) is 3.92 Å². The summed E-state index contributed by atoms with van der Waals surface area (Å²) in [5.74, 6) is 3.00. The van der Waals surface area contributed by atoms with Gasteiger partial charge in [-0.25, -0.2) is 0 Å². The molecule has 0 aromatic rings. The molecule has 1 saturated carbocycles. The number of alkyl halides is 1. The van der Waals surface area contributed by atoms with Gasteiger partial charge >= 0.3 is 0 Å². The maximum absolute atomic E-state index is 2.60. The van der Waals surface area contributed by atoms with Crippen molar-refractivity contribution in [2.75, 3.05) is 0 Å². The van der Waals surface area contributed by atoms with E-state index in [1.165, 1.54) is 25.7 Å². The van der Waals surface area contributed by atoms with Crippen molar-refractivity contribution in [1.82, 2.24) is 0 Å². The summed E-state index contributed by atoms with van der Waals surface area (Å²) >= 11 is 2.60. The van der Waals surface area contributed by atoms with Crippen molar-refractivity contribution in [3.63, 3.8) is 0 Å². The lowest BCUT2D eigenvalue weighted by Gasteiger charge is -2.35. The van der Waals surface area contributed by atoms with E-state index in [1.807, 2.05) is 0 Å². The second-order valence-electron chi connectivity index (χ2n) is 4.41. The second kappa shape index (κ2) is 4.83. The van der Waals surface area contributed by atoms with E-state index in [0.717, 1.165) is 21.7 Å². The van der Waals surface area contributed by atoms with Crippen molar-refractivity contribution < 1.29 is 0 Å². The van der Waals surface area contributed by atoms with Gasteiger partial charge in [0.05, 0.1) is 0 Å². The lowest BCUT2D eigenvalue weighted by atomic mass is 9.73. The molecular formula is C11H21I. The van der Waals surface area contributed by atoms with Crippen LogP contribution in [0.25, 0.3) is 0 Å². The minimum atomic E-state index is 0.871. The molecule has 0 aromatic carbocycles. The van der Waals surface area contributed by atoms with Crippen molar-refractivity contribution in [2.24, 2.45) is 17.8 Å². The summed E-state index contributed by atoms with van der Waals surface area (Å²) < 4.78 is 0.871. The van der Waals surface area contributed by atoms with Gasteiger partial charge in [-0.2, -0.15) is 0 Å². The van der Waals surface area contributed by atoms with Gasteiger partial charge in [-0.3, -0.25) is 0 Å². The van der Waals surface area contributed by atoms with Gasteiger partial charge in [0, 0.05) is 3.92 Å². The molecule has 0 aromatic heterocycles. The number of halogens is 1. The van der Waals surface area contributed by atoms with Crippen LogP contribution in [-0.2, 0) is 0 Å². The second-order valence-corrected chi connectivity index (χ2v) is 6.37. The van der Waals surface area contributed by atoms with E-state index in [0.29, 0.717) is 0 Å². The van der Waals surface area contributed by atoms with Crippen molar-refractivity contribution in [3.8, 4) is 0 Å². The molecule has 0 radical (unpaired) electrons. The molecule has 4 atom stereocenters. The third-order valence-electron chi connectivity index (χ3n) is 3.51. The van der Waals surface area contributed by atoms with Gasteiger partial charge in [0.1, 0.15) is 0 Å². The van der Waals surface area contributed by atoms with Gasteiger partial charge in [-0.1, -0.05) is 56.2 Å². The fourth-order valence-electron chi connectivity index (χ4n) is 2.58. The van der Waals surface area contributed by atoms with E-state index in [4.69, 9.17) is 0 Å². The summed E-state index contributed by atoms with van der Waals surface area (Å²) in [4.78, 5) is 0. The lowest BCUT2D eigenvalue weighted by Crippen LogP contribution is -2.27. The minimum Gasteiger partial charge on any atom is -0.0826 e. The zero-order chi connectivity index (χ0) is 9.14. The number of hydrogen-bond acceptors (Lipinski definition) is 0. The summed E-state index contributed by atoms with van der Waals surface area (Å²) in [6.45, 7) is 7.15. The average Bonchev–Trinajstić information content (AvgIpc) is 2.03. The van der Waals surface area contributed by atoms with Gasteiger partial charge in [0.15, 0.2) is 0 Å². The minimum absolute atomic E-state index is 0.871. The highest BCUT2D eigenvalue weighted by Crippen LogP contribution is 2.38. The summed E-state index contributed by atoms with van der Waals surface area (Å²) in [5.41, 5.74) is 0. The Labute approximate surface area is 90.6 Å². The SMILES string of the molecule is CCC1CCC(C(C)I)[C@@H](C)C1. The highest BCUT2D eigenvalue weighted by molar-refractivity contribution is 14.1. The predicted octanol–water partition coefficient (Wildman–Crippen LogP) is 4.27. The molecule has 1 aliphatic rings. The van der Waals surface area contributed by atoms with Gasteiger partial charge < -0.3 is 0 Å². The first-order chi connectivity index (χ1) is 5.65. The van der Waals surface area contributed by atoms with E-state index in [9.17, 15) is 0 Å². The fourth-order valence-corrected chi connectivity index (χ4v) is 3.65. The molecule has 72 valence electrons. The van der Waals surface area contributed by atoms with Gasteiger partial charge in [0.2, 0.25) is 0 Å². The van der Waals surface area contributed by atoms with E-state index in [1.54, 1.807) is 0 Å². The molecule has 0 saturated heterocycles. The molecule has 0 amide bonds. The molecule has 1 heteroatoms. The number of hydrogen-bond donors (Lipinski definition) is 0. The van der Waals surface area contributed by atoms with Crippen molar-refractivity contribution in [1.29, 1.82) is 0 Å². The van der Waals surface area contributed by atoms with E-state index in [2.05, 4.69) is 43.4 Å². The van der Waals surface area contributed by atoms with Crippen LogP contribution in [0, 0.1) is 17.8 Å². The summed E-state index contributed by atoms with van der Waals surface area (Å²) in [5, 5.41) is 0. The maximum Gasteiger partial charge on any atom is 0.0112 e. The standard InChI is InChI=1S/C11H21I/c1-4-10-5-6-11(9(3)12)8(2)7-10/h8-11H,4-7H2,1-3H3/t8-,9?,10?,11?/m0/s1. The molecule has 0 nitrogen and oxygen atoms in total. The normalized spacial score (nSPS) is 39.5. The molecule has 0 aliphatic heterocycles. The molecule has 1 rings (SSSR count). The lowest BCUT2D eigenvalue weighted by molar-refractivity contribution is 0.194. The molecule has 1 fully saturated rings. The first-order valence-electron chi connectivity index (χ1n) is 5.29. The quantitative estimate of drug-likeness (QED) is 0.523. The highest BCUT2D eigenvalue weighted by Gasteiger charge is 2.28. The van der Waals surface area contributed by atoms with Crippen LogP contribution in [0.4, 0.5) is 0 Å². The van der Waals surface area contributed by atoms with Crippen molar-refractivity contribution in [2.45, 2.75) is 50.4 Å².